The van der Waals surface area contributed by atoms with Gasteiger partial charge >= 0.3 is 0 Å². The van der Waals surface area contributed by atoms with Crippen LogP contribution in [0.3, 0.4) is 0 Å². The van der Waals surface area contributed by atoms with Crippen LogP contribution in [-0.4, -0.2) is 13.7 Å². The first-order valence-corrected chi connectivity index (χ1v) is 20.3. The molecule has 9 aromatic carbocycles. The van der Waals surface area contributed by atoms with Gasteiger partial charge < -0.3 is 13.7 Å². The zero-order valence-corrected chi connectivity index (χ0v) is 32.2. The summed E-state index contributed by atoms with van der Waals surface area (Å²) in [6, 6.07) is 79.5. The van der Waals surface area contributed by atoms with Crippen molar-refractivity contribution < 1.29 is 0 Å². The van der Waals surface area contributed by atoms with Crippen molar-refractivity contribution in [3.05, 3.63) is 225 Å². The molecule has 0 spiro atoms. The Morgan fingerprint density at radius 2 is 0.746 bits per heavy atom. The second-order valence-electron chi connectivity index (χ2n) is 15.4. The Labute approximate surface area is 341 Å². The molecule has 0 aliphatic heterocycles. The van der Waals surface area contributed by atoms with Crippen molar-refractivity contribution in [2.45, 2.75) is 0 Å². The maximum Gasteiger partial charge on any atom is 0.0635 e. The van der Waals surface area contributed by atoms with Crippen molar-refractivity contribution in [3.8, 4) is 50.4 Å². The summed E-state index contributed by atoms with van der Waals surface area (Å²) in [5.41, 5.74) is 16.6. The Morgan fingerprint density at radius 3 is 1.39 bits per heavy atom. The maximum atomic E-state index is 2.50. The number of benzene rings is 9. The molecule has 12 aromatic rings. The van der Waals surface area contributed by atoms with E-state index in [1.54, 1.807) is 0 Å². The molecule has 0 amide bonds. The monoisotopic (exact) mass is 751 g/mol. The molecule has 0 saturated carbocycles. The van der Waals surface area contributed by atoms with Gasteiger partial charge in [-0.05, 0) is 118 Å². The number of hydrogen-bond donors (Lipinski definition) is 0. The molecule has 0 radical (unpaired) electrons. The smallest absolute Gasteiger partial charge is 0.0635 e. The highest BCUT2D eigenvalue weighted by atomic mass is 15.0. The van der Waals surface area contributed by atoms with Gasteiger partial charge in [0.1, 0.15) is 0 Å². The summed E-state index contributed by atoms with van der Waals surface area (Å²) in [5, 5.41) is 6.17. The standard InChI is InChI=1S/C56H37N3/c1-5-15-38(16-6-1)42-33-43(39-17-7-2-8-18-39)35-46(34-42)59-55-29-26-41(37-51(55)48-27-30-52-49(56(48)59)31-32-57(52)44-19-9-3-10-20-44)40-25-28-54-50(36-40)47-23-13-14-24-53(47)58(54)45-21-11-4-12-22-45/h1-37H. The van der Waals surface area contributed by atoms with Crippen LogP contribution in [-0.2, 0) is 0 Å². The fraction of sp³-hybridized carbons (Fsp3) is 0. The molecule has 0 aliphatic rings. The van der Waals surface area contributed by atoms with Crippen molar-refractivity contribution >= 4 is 54.5 Å². The van der Waals surface area contributed by atoms with Gasteiger partial charge in [-0.25, -0.2) is 0 Å². The maximum absolute atomic E-state index is 2.50. The molecule has 3 heterocycles. The van der Waals surface area contributed by atoms with Crippen molar-refractivity contribution in [3.63, 3.8) is 0 Å². The fourth-order valence-corrected chi connectivity index (χ4v) is 9.33. The molecule has 276 valence electrons. The van der Waals surface area contributed by atoms with Gasteiger partial charge in [0.2, 0.25) is 0 Å². The number of hydrogen-bond acceptors (Lipinski definition) is 0. The highest BCUT2D eigenvalue weighted by Gasteiger charge is 2.20. The van der Waals surface area contributed by atoms with E-state index in [2.05, 4.69) is 238 Å². The van der Waals surface area contributed by atoms with Gasteiger partial charge in [0.25, 0.3) is 0 Å². The quantitative estimate of drug-likeness (QED) is 0.161. The molecular weight excluding hydrogens is 715 g/mol. The largest absolute Gasteiger partial charge is 0.316 e. The van der Waals surface area contributed by atoms with E-state index in [4.69, 9.17) is 0 Å². The number of fused-ring (bicyclic) bond motifs is 8. The van der Waals surface area contributed by atoms with Gasteiger partial charge in [0.05, 0.1) is 27.6 Å². The lowest BCUT2D eigenvalue weighted by Gasteiger charge is -2.15. The van der Waals surface area contributed by atoms with Gasteiger partial charge in [0.15, 0.2) is 0 Å². The molecule has 0 unspecified atom stereocenters. The van der Waals surface area contributed by atoms with Crippen molar-refractivity contribution in [2.75, 3.05) is 0 Å². The Balaban J connectivity index is 1.12. The first kappa shape index (κ1) is 33.3. The normalized spacial score (nSPS) is 11.7. The van der Waals surface area contributed by atoms with Gasteiger partial charge in [-0.3, -0.25) is 0 Å². The van der Waals surface area contributed by atoms with Crippen LogP contribution in [0.5, 0.6) is 0 Å². The predicted molar refractivity (Wildman–Crippen MR) is 248 cm³/mol. The third-order valence-electron chi connectivity index (χ3n) is 12.0. The van der Waals surface area contributed by atoms with E-state index in [1.807, 2.05) is 0 Å². The van der Waals surface area contributed by atoms with Gasteiger partial charge in [0, 0.05) is 50.2 Å². The molecule has 0 atom stereocenters. The predicted octanol–water partition coefficient (Wildman–Crippen LogP) is 14.8. The number of aromatic nitrogens is 3. The van der Waals surface area contributed by atoms with Crippen LogP contribution in [0, 0.1) is 0 Å². The lowest BCUT2D eigenvalue weighted by molar-refractivity contribution is 1.13. The first-order chi connectivity index (χ1) is 29.3. The molecular formula is C56H37N3. The van der Waals surface area contributed by atoms with Crippen LogP contribution in [0.25, 0.3) is 105 Å². The summed E-state index contributed by atoms with van der Waals surface area (Å²) in [4.78, 5) is 0. The minimum Gasteiger partial charge on any atom is -0.316 e. The SMILES string of the molecule is c1ccc(-c2cc(-c3ccccc3)cc(-n3c4ccc(-c5ccc6c(c5)c5ccccc5n6-c5ccccc5)cc4c4ccc5c(ccn5-c5ccccc5)c43)c2)cc1. The lowest BCUT2D eigenvalue weighted by Crippen LogP contribution is -1.97. The molecule has 0 bridgehead atoms. The van der Waals surface area contributed by atoms with E-state index in [0.29, 0.717) is 0 Å². The number of nitrogens with zero attached hydrogens (tertiary/aromatic N) is 3. The summed E-state index contributed by atoms with van der Waals surface area (Å²) in [7, 11) is 0. The topological polar surface area (TPSA) is 14.8 Å². The average Bonchev–Trinajstić information content (AvgIpc) is 4.00. The molecule has 0 aliphatic carbocycles. The minimum absolute atomic E-state index is 1.13. The Hall–Kier alpha value is -7.88. The summed E-state index contributed by atoms with van der Waals surface area (Å²) in [6.45, 7) is 0. The molecule has 0 saturated heterocycles. The van der Waals surface area contributed by atoms with Crippen molar-refractivity contribution in [1.82, 2.24) is 13.7 Å². The van der Waals surface area contributed by atoms with E-state index in [0.717, 1.165) is 11.4 Å². The second kappa shape index (κ2) is 13.4. The molecule has 3 nitrogen and oxygen atoms in total. The molecule has 0 N–H and O–H groups in total. The summed E-state index contributed by atoms with van der Waals surface area (Å²) in [6.07, 6.45) is 2.21. The lowest BCUT2D eigenvalue weighted by atomic mass is 9.98. The molecule has 3 heteroatoms. The van der Waals surface area contributed by atoms with Gasteiger partial charge in [-0.1, -0.05) is 133 Å². The number of para-hydroxylation sites is 3. The summed E-state index contributed by atoms with van der Waals surface area (Å²) >= 11 is 0. The second-order valence-corrected chi connectivity index (χ2v) is 15.4. The fourth-order valence-electron chi connectivity index (χ4n) is 9.33. The zero-order chi connectivity index (χ0) is 38.9. The molecule has 12 rings (SSSR count). The Bertz CT molecular complexity index is 3460. The highest BCUT2D eigenvalue weighted by molar-refractivity contribution is 6.19. The average molecular weight is 752 g/mol. The van der Waals surface area contributed by atoms with Crippen LogP contribution in [0.4, 0.5) is 0 Å². The van der Waals surface area contributed by atoms with Crippen LogP contribution in [0.1, 0.15) is 0 Å². The van der Waals surface area contributed by atoms with Crippen LogP contribution in [0.2, 0.25) is 0 Å². The Kier molecular flexibility index (Phi) is 7.54. The van der Waals surface area contributed by atoms with E-state index in [1.165, 1.54) is 93.6 Å². The van der Waals surface area contributed by atoms with E-state index in [-0.39, 0.29) is 0 Å². The molecule has 59 heavy (non-hydrogen) atoms. The third kappa shape index (κ3) is 5.36. The third-order valence-corrected chi connectivity index (χ3v) is 12.0. The molecule has 3 aromatic heterocycles. The van der Waals surface area contributed by atoms with Gasteiger partial charge in [-0.15, -0.1) is 0 Å². The number of rotatable bonds is 6. The van der Waals surface area contributed by atoms with Crippen molar-refractivity contribution in [2.24, 2.45) is 0 Å². The van der Waals surface area contributed by atoms with Crippen LogP contribution < -0.4 is 0 Å². The highest BCUT2D eigenvalue weighted by Crippen LogP contribution is 2.42. The van der Waals surface area contributed by atoms with Gasteiger partial charge in [-0.2, -0.15) is 0 Å². The summed E-state index contributed by atoms with van der Waals surface area (Å²) < 4.78 is 7.19. The van der Waals surface area contributed by atoms with Crippen LogP contribution >= 0.6 is 0 Å². The molecule has 0 fully saturated rings. The van der Waals surface area contributed by atoms with E-state index >= 15 is 0 Å². The first-order valence-electron chi connectivity index (χ1n) is 20.3. The van der Waals surface area contributed by atoms with Crippen LogP contribution in [0.15, 0.2) is 225 Å². The zero-order valence-electron chi connectivity index (χ0n) is 32.2. The van der Waals surface area contributed by atoms with E-state index < -0.39 is 0 Å². The Morgan fingerprint density at radius 1 is 0.237 bits per heavy atom. The van der Waals surface area contributed by atoms with E-state index in [9.17, 15) is 0 Å². The minimum atomic E-state index is 1.13. The summed E-state index contributed by atoms with van der Waals surface area (Å²) in [5.74, 6) is 0. The van der Waals surface area contributed by atoms with Crippen molar-refractivity contribution in [1.29, 1.82) is 0 Å².